The van der Waals surface area contributed by atoms with E-state index < -0.39 is 0 Å². The Morgan fingerprint density at radius 2 is 2.24 bits per heavy atom. The van der Waals surface area contributed by atoms with Crippen LogP contribution in [-0.4, -0.2) is 29.6 Å². The van der Waals surface area contributed by atoms with E-state index in [9.17, 15) is 4.79 Å². The van der Waals surface area contributed by atoms with E-state index in [0.717, 1.165) is 17.3 Å². The second kappa shape index (κ2) is 5.31. The number of anilines is 1. The molecular weight excluding hydrogens is 268 g/mol. The maximum Gasteiger partial charge on any atom is 0.252 e. The second-order valence-corrected chi connectivity index (χ2v) is 5.53. The van der Waals surface area contributed by atoms with Gasteiger partial charge >= 0.3 is 0 Å². The summed E-state index contributed by atoms with van der Waals surface area (Å²) in [6, 6.07) is 9.16. The fourth-order valence-corrected chi connectivity index (χ4v) is 2.54. The summed E-state index contributed by atoms with van der Waals surface area (Å²) < 4.78 is 5.37. The molecule has 1 amide bonds. The number of hydrogen-bond donors (Lipinski definition) is 3. The van der Waals surface area contributed by atoms with E-state index in [1.807, 2.05) is 31.2 Å². The quantitative estimate of drug-likeness (QED) is 0.586. The van der Waals surface area contributed by atoms with Crippen molar-refractivity contribution in [1.82, 2.24) is 10.3 Å². The van der Waals surface area contributed by atoms with Crippen LogP contribution < -0.4 is 16.6 Å². The predicted octanol–water partition coefficient (Wildman–Crippen LogP) is 1.43. The summed E-state index contributed by atoms with van der Waals surface area (Å²) in [6.45, 7) is 3.19. The van der Waals surface area contributed by atoms with E-state index in [2.05, 4.69) is 15.7 Å². The van der Waals surface area contributed by atoms with Crippen molar-refractivity contribution in [3.63, 3.8) is 0 Å². The van der Waals surface area contributed by atoms with Gasteiger partial charge in [0.15, 0.2) is 0 Å². The molecule has 6 nitrogen and oxygen atoms in total. The van der Waals surface area contributed by atoms with E-state index in [-0.39, 0.29) is 11.4 Å². The van der Waals surface area contributed by atoms with Gasteiger partial charge in [0.25, 0.3) is 5.91 Å². The highest BCUT2D eigenvalue weighted by molar-refractivity contribution is 6.07. The number of aromatic nitrogens is 1. The predicted molar refractivity (Wildman–Crippen MR) is 80.9 cm³/mol. The molecule has 1 aromatic heterocycles. The molecule has 1 saturated heterocycles. The third kappa shape index (κ3) is 2.68. The molecule has 0 bridgehead atoms. The number of fused-ring (bicyclic) bond motifs is 1. The van der Waals surface area contributed by atoms with Crippen LogP contribution in [0.5, 0.6) is 0 Å². The average molecular weight is 286 g/mol. The van der Waals surface area contributed by atoms with E-state index in [1.54, 1.807) is 6.07 Å². The third-order valence-electron chi connectivity index (χ3n) is 3.74. The van der Waals surface area contributed by atoms with Crippen LogP contribution in [0.1, 0.15) is 23.7 Å². The molecule has 0 radical (unpaired) electrons. The molecule has 1 atom stereocenters. The molecule has 0 aliphatic carbocycles. The van der Waals surface area contributed by atoms with Crippen molar-refractivity contribution in [2.24, 2.45) is 5.84 Å². The summed E-state index contributed by atoms with van der Waals surface area (Å²) in [4.78, 5) is 17.0. The molecule has 3 rings (SSSR count). The number of carbonyl (C=O) groups is 1. The van der Waals surface area contributed by atoms with Crippen LogP contribution in [-0.2, 0) is 4.74 Å². The molecular formula is C15H18N4O2. The Morgan fingerprint density at radius 1 is 1.43 bits per heavy atom. The van der Waals surface area contributed by atoms with Crippen LogP contribution in [0.25, 0.3) is 10.9 Å². The Morgan fingerprint density at radius 3 is 2.95 bits per heavy atom. The van der Waals surface area contributed by atoms with E-state index in [1.165, 1.54) is 0 Å². The van der Waals surface area contributed by atoms with Gasteiger partial charge in [0.05, 0.1) is 23.2 Å². The van der Waals surface area contributed by atoms with Crippen LogP contribution in [0.2, 0.25) is 0 Å². The van der Waals surface area contributed by atoms with Crippen molar-refractivity contribution in [2.75, 3.05) is 18.6 Å². The molecule has 110 valence electrons. The molecule has 1 aliphatic heterocycles. The van der Waals surface area contributed by atoms with Crippen molar-refractivity contribution in [1.29, 1.82) is 0 Å². The van der Waals surface area contributed by atoms with Gasteiger partial charge < -0.3 is 15.5 Å². The number of nitrogens with zero attached hydrogens (tertiary/aromatic N) is 1. The summed E-state index contributed by atoms with van der Waals surface area (Å²) in [5.41, 5.74) is 3.46. The lowest BCUT2D eigenvalue weighted by Gasteiger charge is -2.24. The van der Waals surface area contributed by atoms with Crippen molar-refractivity contribution in [3.8, 4) is 0 Å². The molecule has 1 aliphatic rings. The van der Waals surface area contributed by atoms with Gasteiger partial charge in [-0.25, -0.2) is 10.8 Å². The zero-order chi connectivity index (χ0) is 14.9. The van der Waals surface area contributed by atoms with Gasteiger partial charge in [0.1, 0.15) is 5.82 Å². The van der Waals surface area contributed by atoms with Gasteiger partial charge in [-0.2, -0.15) is 0 Å². The largest absolute Gasteiger partial charge is 0.379 e. The first-order chi connectivity index (χ1) is 10.1. The van der Waals surface area contributed by atoms with Gasteiger partial charge in [-0.05, 0) is 25.5 Å². The molecule has 0 saturated carbocycles. The minimum atomic E-state index is -0.322. The topological polar surface area (TPSA) is 89.3 Å². The highest BCUT2D eigenvalue weighted by Crippen LogP contribution is 2.23. The number of ether oxygens (including phenoxy) is 1. The number of nitrogen functional groups attached to an aromatic ring is 1. The molecule has 0 spiro atoms. The van der Waals surface area contributed by atoms with E-state index >= 15 is 0 Å². The average Bonchev–Trinajstić information content (AvgIpc) is 2.92. The summed E-state index contributed by atoms with van der Waals surface area (Å²) in [6.07, 6.45) is 0.809. The fraction of sp³-hybridized carbons (Fsp3) is 0.333. The Bertz CT molecular complexity index is 680. The Kier molecular flexibility index (Phi) is 3.48. The Hall–Kier alpha value is -2.18. The third-order valence-corrected chi connectivity index (χ3v) is 3.74. The highest BCUT2D eigenvalue weighted by Gasteiger charge is 2.32. The van der Waals surface area contributed by atoms with Crippen LogP contribution in [0.4, 0.5) is 5.82 Å². The number of nitrogens with one attached hydrogen (secondary N) is 2. The standard InChI is InChI=1S/C15H18N4O2/c1-15(6-7-21-9-15)18-14(20)11-8-13(19-16)17-12-5-3-2-4-10(11)12/h2-5,8H,6-7,9,16H2,1H3,(H,17,19)(H,18,20). The van der Waals surface area contributed by atoms with Gasteiger partial charge in [0, 0.05) is 12.0 Å². The maximum absolute atomic E-state index is 12.6. The lowest BCUT2D eigenvalue weighted by Crippen LogP contribution is -2.46. The molecule has 1 aromatic carbocycles. The number of pyridine rings is 1. The zero-order valence-corrected chi connectivity index (χ0v) is 11.8. The van der Waals surface area contributed by atoms with Crippen molar-refractivity contribution < 1.29 is 9.53 Å². The van der Waals surface area contributed by atoms with E-state index in [4.69, 9.17) is 10.6 Å². The minimum absolute atomic E-state index is 0.141. The van der Waals surface area contributed by atoms with Gasteiger partial charge in [0.2, 0.25) is 0 Å². The number of para-hydroxylation sites is 1. The van der Waals surface area contributed by atoms with Gasteiger partial charge in [-0.15, -0.1) is 0 Å². The maximum atomic E-state index is 12.6. The van der Waals surface area contributed by atoms with Crippen LogP contribution >= 0.6 is 0 Å². The summed E-state index contributed by atoms with van der Waals surface area (Å²) in [5, 5.41) is 3.86. The van der Waals surface area contributed by atoms with Gasteiger partial charge in [-0.1, -0.05) is 18.2 Å². The summed E-state index contributed by atoms with van der Waals surface area (Å²) >= 11 is 0. The normalized spacial score (nSPS) is 21.4. The zero-order valence-electron chi connectivity index (χ0n) is 11.8. The van der Waals surface area contributed by atoms with E-state index in [0.29, 0.717) is 24.6 Å². The van der Waals surface area contributed by atoms with Crippen LogP contribution in [0.15, 0.2) is 30.3 Å². The molecule has 4 N–H and O–H groups in total. The number of benzene rings is 1. The highest BCUT2D eigenvalue weighted by atomic mass is 16.5. The minimum Gasteiger partial charge on any atom is -0.379 e. The summed E-state index contributed by atoms with van der Waals surface area (Å²) in [7, 11) is 0. The lowest BCUT2D eigenvalue weighted by atomic mass is 10.00. The number of rotatable bonds is 3. The van der Waals surface area contributed by atoms with Crippen molar-refractivity contribution in [2.45, 2.75) is 18.9 Å². The number of carbonyl (C=O) groups excluding carboxylic acids is 1. The fourth-order valence-electron chi connectivity index (χ4n) is 2.54. The number of amides is 1. The second-order valence-electron chi connectivity index (χ2n) is 5.53. The Labute approximate surface area is 122 Å². The smallest absolute Gasteiger partial charge is 0.252 e. The van der Waals surface area contributed by atoms with Gasteiger partial charge in [-0.3, -0.25) is 4.79 Å². The molecule has 21 heavy (non-hydrogen) atoms. The first-order valence-corrected chi connectivity index (χ1v) is 6.88. The molecule has 6 heteroatoms. The molecule has 1 unspecified atom stereocenters. The molecule has 2 heterocycles. The van der Waals surface area contributed by atoms with Crippen LogP contribution in [0.3, 0.4) is 0 Å². The van der Waals surface area contributed by atoms with Crippen molar-refractivity contribution in [3.05, 3.63) is 35.9 Å². The number of nitrogens with two attached hydrogens (primary N) is 1. The first-order valence-electron chi connectivity index (χ1n) is 6.88. The first kappa shape index (κ1) is 13.8. The summed E-state index contributed by atoms with van der Waals surface area (Å²) in [5.74, 6) is 5.76. The molecule has 1 fully saturated rings. The monoisotopic (exact) mass is 286 g/mol. The Balaban J connectivity index is 2.00. The van der Waals surface area contributed by atoms with Crippen LogP contribution in [0, 0.1) is 0 Å². The molecule has 2 aromatic rings. The number of hydrazine groups is 1. The SMILES string of the molecule is CC1(NC(=O)c2cc(NN)nc3ccccc23)CCOC1. The lowest BCUT2D eigenvalue weighted by molar-refractivity contribution is 0.0891. The number of hydrogen-bond acceptors (Lipinski definition) is 5. The van der Waals surface area contributed by atoms with Crippen molar-refractivity contribution >= 4 is 22.6 Å².